The molecule has 1 aromatic heterocycles. The summed E-state index contributed by atoms with van der Waals surface area (Å²) in [7, 11) is 0. The highest BCUT2D eigenvalue weighted by molar-refractivity contribution is 7.09. The molecule has 1 atom stereocenters. The van der Waals surface area contributed by atoms with Crippen molar-refractivity contribution in [2.75, 3.05) is 0 Å². The number of aromatic nitrogens is 1. The number of halogens is 1. The van der Waals surface area contributed by atoms with E-state index in [1.54, 1.807) is 11.3 Å². The lowest BCUT2D eigenvalue weighted by molar-refractivity contribution is 0.564. The first-order valence-electron chi connectivity index (χ1n) is 4.64. The van der Waals surface area contributed by atoms with Gasteiger partial charge in [-0.3, -0.25) is 0 Å². The minimum absolute atomic E-state index is 0.282. The summed E-state index contributed by atoms with van der Waals surface area (Å²) in [6.07, 6.45) is 2.05. The van der Waals surface area contributed by atoms with Crippen LogP contribution >= 0.6 is 22.9 Å². The molecule has 0 aromatic carbocycles. The van der Waals surface area contributed by atoms with Gasteiger partial charge < -0.3 is 0 Å². The zero-order chi connectivity index (χ0) is 9.84. The molecule has 0 aliphatic heterocycles. The van der Waals surface area contributed by atoms with Crippen molar-refractivity contribution in [2.24, 2.45) is 5.92 Å². The Labute approximate surface area is 89.1 Å². The van der Waals surface area contributed by atoms with Crippen molar-refractivity contribution in [3.05, 3.63) is 16.1 Å². The molecule has 74 valence electrons. The van der Waals surface area contributed by atoms with Crippen LogP contribution in [0.1, 0.15) is 31.0 Å². The van der Waals surface area contributed by atoms with Crippen LogP contribution < -0.4 is 0 Å². The molecular formula is C10H16ClNS. The predicted molar refractivity (Wildman–Crippen MR) is 59.7 cm³/mol. The van der Waals surface area contributed by atoms with Gasteiger partial charge in [0.15, 0.2) is 0 Å². The minimum atomic E-state index is 0.282. The highest BCUT2D eigenvalue weighted by Crippen LogP contribution is 2.18. The van der Waals surface area contributed by atoms with Gasteiger partial charge in [-0.25, -0.2) is 4.98 Å². The molecule has 0 N–H and O–H groups in total. The molecule has 13 heavy (non-hydrogen) atoms. The lowest BCUT2D eigenvalue weighted by Crippen LogP contribution is -2.08. The molecule has 0 saturated heterocycles. The van der Waals surface area contributed by atoms with Gasteiger partial charge in [-0.2, -0.15) is 0 Å². The van der Waals surface area contributed by atoms with Gasteiger partial charge in [0, 0.05) is 22.9 Å². The highest BCUT2D eigenvalue weighted by Gasteiger charge is 2.10. The Morgan fingerprint density at radius 1 is 1.54 bits per heavy atom. The fourth-order valence-corrected chi connectivity index (χ4v) is 2.01. The van der Waals surface area contributed by atoms with Gasteiger partial charge in [0.05, 0.1) is 5.01 Å². The van der Waals surface area contributed by atoms with E-state index < -0.39 is 0 Å². The number of hydrogen-bond acceptors (Lipinski definition) is 2. The average Bonchev–Trinajstić information content (AvgIpc) is 2.47. The highest BCUT2D eigenvalue weighted by atomic mass is 35.5. The second-order valence-corrected chi connectivity index (χ2v) is 5.18. The van der Waals surface area contributed by atoms with Crippen molar-refractivity contribution in [2.45, 2.75) is 39.0 Å². The first-order valence-corrected chi connectivity index (χ1v) is 5.96. The van der Waals surface area contributed by atoms with Gasteiger partial charge in [-0.1, -0.05) is 13.8 Å². The molecule has 0 fully saturated rings. The van der Waals surface area contributed by atoms with Crippen molar-refractivity contribution < 1.29 is 0 Å². The molecule has 0 aliphatic rings. The molecule has 1 aromatic rings. The van der Waals surface area contributed by atoms with Crippen LogP contribution in [0, 0.1) is 12.8 Å². The van der Waals surface area contributed by atoms with E-state index in [4.69, 9.17) is 11.6 Å². The number of nitrogens with zero attached hydrogens (tertiary/aromatic N) is 1. The summed E-state index contributed by atoms with van der Waals surface area (Å²) in [5.74, 6) is 0.558. The topological polar surface area (TPSA) is 12.9 Å². The third-order valence-corrected chi connectivity index (χ3v) is 3.77. The van der Waals surface area contributed by atoms with E-state index >= 15 is 0 Å². The van der Waals surface area contributed by atoms with Gasteiger partial charge in [0.2, 0.25) is 0 Å². The normalized spacial score (nSPS) is 13.6. The zero-order valence-corrected chi connectivity index (χ0v) is 9.95. The van der Waals surface area contributed by atoms with E-state index in [2.05, 4.69) is 24.2 Å². The van der Waals surface area contributed by atoms with Gasteiger partial charge >= 0.3 is 0 Å². The molecule has 0 spiro atoms. The number of thiazole rings is 1. The van der Waals surface area contributed by atoms with Crippen LogP contribution in [0.2, 0.25) is 0 Å². The Balaban J connectivity index is 2.35. The van der Waals surface area contributed by atoms with Gasteiger partial charge in [-0.05, 0) is 19.3 Å². The Hall–Kier alpha value is -0.0800. The maximum Gasteiger partial charge on any atom is 0.0928 e. The van der Waals surface area contributed by atoms with Crippen LogP contribution in [0.3, 0.4) is 0 Å². The van der Waals surface area contributed by atoms with Crippen LogP contribution in [0.5, 0.6) is 0 Å². The summed E-state index contributed by atoms with van der Waals surface area (Å²) in [5, 5.41) is 3.58. The van der Waals surface area contributed by atoms with Crippen molar-refractivity contribution in [1.29, 1.82) is 0 Å². The molecule has 0 saturated carbocycles. The summed E-state index contributed by atoms with van der Waals surface area (Å²) in [6.45, 7) is 6.34. The van der Waals surface area contributed by atoms with E-state index in [1.165, 1.54) is 5.01 Å². The SMILES string of the molecule is Cc1csc(CCC(Cl)C(C)C)n1. The van der Waals surface area contributed by atoms with Crippen molar-refractivity contribution in [1.82, 2.24) is 4.98 Å². The third-order valence-electron chi connectivity index (χ3n) is 2.02. The molecule has 0 bridgehead atoms. The lowest BCUT2D eigenvalue weighted by atomic mass is 10.1. The van der Waals surface area contributed by atoms with Crippen molar-refractivity contribution >= 4 is 22.9 Å². The molecule has 0 amide bonds. The first kappa shape index (κ1) is 11.0. The molecule has 3 heteroatoms. The maximum atomic E-state index is 6.15. The van der Waals surface area contributed by atoms with E-state index in [0.29, 0.717) is 5.92 Å². The fourth-order valence-electron chi connectivity index (χ4n) is 1.11. The second kappa shape index (κ2) is 4.97. The fraction of sp³-hybridized carbons (Fsp3) is 0.700. The summed E-state index contributed by atoms with van der Waals surface area (Å²) in [5.41, 5.74) is 1.12. The number of rotatable bonds is 4. The smallest absolute Gasteiger partial charge is 0.0928 e. The number of aryl methyl sites for hydroxylation is 2. The quantitative estimate of drug-likeness (QED) is 0.702. The monoisotopic (exact) mass is 217 g/mol. The summed E-state index contributed by atoms with van der Waals surface area (Å²) in [4.78, 5) is 4.40. The van der Waals surface area contributed by atoms with Crippen LogP contribution in [-0.2, 0) is 6.42 Å². The molecular weight excluding hydrogens is 202 g/mol. The molecule has 1 nitrogen and oxygen atoms in total. The van der Waals surface area contributed by atoms with E-state index in [-0.39, 0.29) is 5.38 Å². The average molecular weight is 218 g/mol. The van der Waals surface area contributed by atoms with Gasteiger partial charge in [0.25, 0.3) is 0 Å². The Morgan fingerprint density at radius 3 is 2.69 bits per heavy atom. The maximum absolute atomic E-state index is 6.15. The van der Waals surface area contributed by atoms with Crippen molar-refractivity contribution in [3.8, 4) is 0 Å². The largest absolute Gasteiger partial charge is 0.247 e. The standard InChI is InChI=1S/C10H16ClNS/c1-7(2)9(11)4-5-10-12-8(3)6-13-10/h6-7,9H,4-5H2,1-3H3. The van der Waals surface area contributed by atoms with Crippen LogP contribution in [0.25, 0.3) is 0 Å². The predicted octanol–water partition coefficient (Wildman–Crippen LogP) is 3.65. The lowest BCUT2D eigenvalue weighted by Gasteiger charge is -2.11. The molecule has 1 unspecified atom stereocenters. The van der Waals surface area contributed by atoms with E-state index in [9.17, 15) is 0 Å². The molecule has 0 radical (unpaired) electrons. The first-order chi connectivity index (χ1) is 6.09. The van der Waals surface area contributed by atoms with Gasteiger partial charge in [0.1, 0.15) is 0 Å². The van der Waals surface area contributed by atoms with Crippen LogP contribution in [0.4, 0.5) is 0 Å². The second-order valence-electron chi connectivity index (χ2n) is 3.68. The summed E-state index contributed by atoms with van der Waals surface area (Å²) >= 11 is 7.88. The van der Waals surface area contributed by atoms with Crippen LogP contribution in [0.15, 0.2) is 5.38 Å². The van der Waals surface area contributed by atoms with E-state index in [0.717, 1.165) is 18.5 Å². The Morgan fingerprint density at radius 2 is 2.23 bits per heavy atom. The summed E-state index contributed by atoms with van der Waals surface area (Å²) < 4.78 is 0. The Bertz CT molecular complexity index is 257. The third kappa shape index (κ3) is 3.65. The van der Waals surface area contributed by atoms with Crippen molar-refractivity contribution in [3.63, 3.8) is 0 Å². The minimum Gasteiger partial charge on any atom is -0.247 e. The molecule has 1 heterocycles. The number of alkyl halides is 1. The number of hydrogen-bond donors (Lipinski definition) is 0. The Kier molecular flexibility index (Phi) is 4.20. The zero-order valence-electron chi connectivity index (χ0n) is 8.38. The summed E-state index contributed by atoms with van der Waals surface area (Å²) in [6, 6.07) is 0. The van der Waals surface area contributed by atoms with Gasteiger partial charge in [-0.15, -0.1) is 22.9 Å². The van der Waals surface area contributed by atoms with E-state index in [1.807, 2.05) is 6.92 Å². The molecule has 1 rings (SSSR count). The molecule has 0 aliphatic carbocycles. The van der Waals surface area contributed by atoms with Crippen LogP contribution in [-0.4, -0.2) is 10.4 Å².